The van der Waals surface area contributed by atoms with Crippen molar-refractivity contribution in [1.82, 2.24) is 9.30 Å². The fourth-order valence-corrected chi connectivity index (χ4v) is 3.00. The van der Waals surface area contributed by atoms with Gasteiger partial charge in [0.15, 0.2) is 11.5 Å². The van der Waals surface area contributed by atoms with Gasteiger partial charge in [-0.1, -0.05) is 35.9 Å². The predicted octanol–water partition coefficient (Wildman–Crippen LogP) is 5.35. The molecule has 0 fully saturated rings. The van der Waals surface area contributed by atoms with Crippen molar-refractivity contribution in [1.29, 1.82) is 5.26 Å². The Bertz CT molecular complexity index is 1020. The monoisotopic (exact) mass is 396 g/mol. The van der Waals surface area contributed by atoms with E-state index in [2.05, 4.69) is 5.10 Å². The number of nitrogen functional groups attached to an aromatic ring is 1. The number of nitrogens with two attached hydrogens (primary N) is 1. The molecule has 0 atom stereocenters. The fraction of sp³-hybridized carbons (Fsp3) is 0.0588. The van der Waals surface area contributed by atoms with E-state index >= 15 is 0 Å². The Morgan fingerprint density at radius 1 is 1.08 bits per heavy atom. The predicted molar refractivity (Wildman–Crippen MR) is 93.5 cm³/mol. The molecule has 3 rings (SSSR count). The normalized spacial score (nSPS) is 11.4. The van der Waals surface area contributed by atoms with Crippen LogP contribution in [-0.2, 0) is 6.18 Å². The Morgan fingerprint density at radius 2 is 1.69 bits per heavy atom. The SMILES string of the molecule is N#Cc1c(-c2ccc(-c3ccc(C(F)(F)F)cc3)cc2Cl)c(N)nn1Cl. The van der Waals surface area contributed by atoms with E-state index in [1.54, 1.807) is 18.2 Å². The first-order chi connectivity index (χ1) is 12.2. The van der Waals surface area contributed by atoms with Crippen molar-refractivity contribution in [3.8, 4) is 28.3 Å². The quantitative estimate of drug-likeness (QED) is 0.634. The molecular weight excluding hydrogens is 388 g/mol. The molecular formula is C17H9Cl2F3N4. The summed E-state index contributed by atoms with van der Waals surface area (Å²) < 4.78 is 38.8. The molecule has 0 saturated heterocycles. The standard InChI is InChI=1S/C17H9Cl2F3N4/c18-13-7-10(9-1-4-11(5-2-9)17(20,21)22)3-6-12(13)15-14(8-23)26(19)25-16(15)24/h1-7H,(H2,24,25). The minimum absolute atomic E-state index is 0.0355. The minimum Gasteiger partial charge on any atom is -0.382 e. The molecule has 0 aliphatic rings. The van der Waals surface area contributed by atoms with Gasteiger partial charge < -0.3 is 5.73 Å². The van der Waals surface area contributed by atoms with Crippen molar-refractivity contribution in [3.63, 3.8) is 0 Å². The molecule has 0 bridgehead atoms. The smallest absolute Gasteiger partial charge is 0.382 e. The maximum Gasteiger partial charge on any atom is 0.416 e. The summed E-state index contributed by atoms with van der Waals surface area (Å²) >= 11 is 12.1. The molecule has 0 spiro atoms. The van der Waals surface area contributed by atoms with Crippen LogP contribution in [0.2, 0.25) is 5.02 Å². The molecule has 1 heterocycles. The number of hydrogen-bond donors (Lipinski definition) is 1. The highest BCUT2D eigenvalue weighted by Crippen LogP contribution is 2.38. The van der Waals surface area contributed by atoms with Crippen molar-refractivity contribution in [2.45, 2.75) is 6.18 Å². The number of halogens is 5. The second-order valence-corrected chi connectivity index (χ2v) is 6.08. The van der Waals surface area contributed by atoms with E-state index in [1.165, 1.54) is 12.1 Å². The summed E-state index contributed by atoms with van der Waals surface area (Å²) in [5, 5.41) is 13.2. The van der Waals surface area contributed by atoms with Crippen LogP contribution in [0.5, 0.6) is 0 Å². The first-order valence-electron chi connectivity index (χ1n) is 7.14. The number of alkyl halides is 3. The topological polar surface area (TPSA) is 67.6 Å². The van der Waals surface area contributed by atoms with Gasteiger partial charge in [-0.2, -0.15) is 22.6 Å². The molecule has 0 saturated carbocycles. The summed E-state index contributed by atoms with van der Waals surface area (Å²) in [4.78, 5) is 0. The van der Waals surface area contributed by atoms with Gasteiger partial charge in [-0.15, -0.1) is 5.10 Å². The van der Waals surface area contributed by atoms with Crippen LogP contribution in [0.1, 0.15) is 11.3 Å². The average Bonchev–Trinajstić information content (AvgIpc) is 2.87. The fourth-order valence-electron chi connectivity index (χ4n) is 2.52. The number of hydrogen-bond acceptors (Lipinski definition) is 3. The first-order valence-corrected chi connectivity index (χ1v) is 7.86. The van der Waals surface area contributed by atoms with Gasteiger partial charge in [0.1, 0.15) is 6.07 Å². The number of rotatable bonds is 2. The molecule has 26 heavy (non-hydrogen) atoms. The summed E-state index contributed by atoms with van der Waals surface area (Å²) in [6, 6.07) is 11.5. The lowest BCUT2D eigenvalue weighted by atomic mass is 9.99. The van der Waals surface area contributed by atoms with Gasteiger partial charge in [0, 0.05) is 22.4 Å². The van der Waals surface area contributed by atoms with Crippen LogP contribution in [0.3, 0.4) is 0 Å². The summed E-state index contributed by atoms with van der Waals surface area (Å²) in [6.07, 6.45) is -4.40. The molecule has 0 radical (unpaired) electrons. The summed E-state index contributed by atoms with van der Waals surface area (Å²) in [5.74, 6) is 0.0423. The number of anilines is 1. The Hall–Kier alpha value is -2.69. The average molecular weight is 397 g/mol. The van der Waals surface area contributed by atoms with Crippen LogP contribution in [0.15, 0.2) is 42.5 Å². The zero-order chi connectivity index (χ0) is 19.1. The van der Waals surface area contributed by atoms with E-state index in [0.29, 0.717) is 22.3 Å². The minimum atomic E-state index is -4.40. The van der Waals surface area contributed by atoms with Crippen LogP contribution in [0, 0.1) is 11.3 Å². The van der Waals surface area contributed by atoms with Gasteiger partial charge in [-0.25, -0.2) is 0 Å². The lowest BCUT2D eigenvalue weighted by Crippen LogP contribution is -2.03. The molecule has 3 aromatic rings. The summed E-state index contributed by atoms with van der Waals surface area (Å²) in [6.45, 7) is 0. The molecule has 0 amide bonds. The number of nitriles is 1. The number of benzene rings is 2. The third kappa shape index (κ3) is 3.21. The highest BCUT2D eigenvalue weighted by molar-refractivity contribution is 6.34. The zero-order valence-electron chi connectivity index (χ0n) is 12.9. The largest absolute Gasteiger partial charge is 0.416 e. The molecule has 2 aromatic carbocycles. The Balaban J connectivity index is 2.03. The van der Waals surface area contributed by atoms with Crippen LogP contribution in [-0.4, -0.2) is 9.30 Å². The van der Waals surface area contributed by atoms with Gasteiger partial charge in [0.05, 0.1) is 11.1 Å². The summed E-state index contributed by atoms with van der Waals surface area (Å²) in [7, 11) is 0. The van der Waals surface area contributed by atoms with Crippen molar-refractivity contribution >= 4 is 29.2 Å². The van der Waals surface area contributed by atoms with Crippen LogP contribution >= 0.6 is 23.4 Å². The van der Waals surface area contributed by atoms with Gasteiger partial charge in [-0.05, 0) is 29.3 Å². The van der Waals surface area contributed by atoms with Gasteiger partial charge in [-0.3, -0.25) is 0 Å². The second-order valence-electron chi connectivity index (χ2n) is 5.35. The van der Waals surface area contributed by atoms with E-state index in [1.807, 2.05) is 6.07 Å². The van der Waals surface area contributed by atoms with E-state index in [4.69, 9.17) is 29.1 Å². The molecule has 0 aliphatic heterocycles. The molecule has 0 unspecified atom stereocenters. The van der Waals surface area contributed by atoms with E-state index < -0.39 is 11.7 Å². The van der Waals surface area contributed by atoms with E-state index in [-0.39, 0.29) is 16.5 Å². The van der Waals surface area contributed by atoms with Gasteiger partial charge in [0.25, 0.3) is 0 Å². The number of aromatic nitrogens is 2. The molecule has 0 aliphatic carbocycles. The Labute approximate surface area is 156 Å². The van der Waals surface area contributed by atoms with E-state index in [9.17, 15) is 18.4 Å². The van der Waals surface area contributed by atoms with Crippen LogP contribution in [0.4, 0.5) is 19.0 Å². The lowest BCUT2D eigenvalue weighted by Gasteiger charge is -2.10. The van der Waals surface area contributed by atoms with Gasteiger partial charge >= 0.3 is 6.18 Å². The number of nitrogens with zero attached hydrogens (tertiary/aromatic N) is 3. The van der Waals surface area contributed by atoms with Crippen molar-refractivity contribution in [2.75, 3.05) is 5.73 Å². The van der Waals surface area contributed by atoms with Crippen molar-refractivity contribution in [3.05, 3.63) is 58.7 Å². The summed E-state index contributed by atoms with van der Waals surface area (Å²) in [5.41, 5.74) is 7.02. The molecule has 4 nitrogen and oxygen atoms in total. The van der Waals surface area contributed by atoms with E-state index in [0.717, 1.165) is 16.3 Å². The van der Waals surface area contributed by atoms with Gasteiger partial charge in [0.2, 0.25) is 0 Å². The third-order valence-electron chi connectivity index (χ3n) is 3.76. The highest BCUT2D eigenvalue weighted by Gasteiger charge is 2.30. The maximum atomic E-state index is 12.7. The van der Waals surface area contributed by atoms with Crippen LogP contribution in [0.25, 0.3) is 22.3 Å². The van der Waals surface area contributed by atoms with Crippen molar-refractivity contribution < 1.29 is 13.2 Å². The van der Waals surface area contributed by atoms with Crippen molar-refractivity contribution in [2.24, 2.45) is 0 Å². The molecule has 1 aromatic heterocycles. The second kappa shape index (κ2) is 6.56. The molecule has 132 valence electrons. The third-order valence-corrected chi connectivity index (χ3v) is 4.32. The zero-order valence-corrected chi connectivity index (χ0v) is 14.4. The first kappa shape index (κ1) is 18.1. The Kier molecular flexibility index (Phi) is 4.57. The maximum absolute atomic E-state index is 12.7. The Morgan fingerprint density at radius 3 is 2.23 bits per heavy atom. The molecule has 9 heteroatoms. The lowest BCUT2D eigenvalue weighted by molar-refractivity contribution is -0.137. The van der Waals surface area contributed by atoms with Crippen LogP contribution < -0.4 is 5.73 Å². The molecule has 2 N–H and O–H groups in total. The highest BCUT2D eigenvalue weighted by atomic mass is 35.5.